The fraction of sp³-hybridized carbons (Fsp3) is 0.690. The number of aryl methyl sites for hydroxylation is 1. The van der Waals surface area contributed by atoms with Crippen molar-refractivity contribution in [3.8, 4) is 0 Å². The minimum absolute atomic E-state index is 0.0406. The predicted molar refractivity (Wildman–Crippen MR) is 137 cm³/mol. The third kappa shape index (κ3) is 3.15. The fourth-order valence-electron chi connectivity index (χ4n) is 8.22. The first-order valence-corrected chi connectivity index (χ1v) is 13.4. The number of rotatable bonds is 4. The summed E-state index contributed by atoms with van der Waals surface area (Å²) in [5.41, 5.74) is -1.45. The largest absolute Gasteiger partial charge is 0.451 e. The minimum atomic E-state index is -2.15. The normalized spacial score (nSPS) is 39.8. The topological polar surface area (TPSA) is 122 Å². The zero-order valence-corrected chi connectivity index (χ0v) is 23.1. The molecule has 0 amide bonds. The second-order valence-corrected chi connectivity index (χ2v) is 12.7. The molecular formula is C29H40N2O6. The first kappa shape index (κ1) is 26.3. The highest BCUT2D eigenvalue weighted by atomic mass is 16.6. The Morgan fingerprint density at radius 1 is 1.27 bits per heavy atom. The van der Waals surface area contributed by atoms with Crippen molar-refractivity contribution in [2.75, 3.05) is 6.61 Å². The number of allylic oxidation sites excluding steroid dienone is 1. The number of nitrogens with zero attached hydrogens (tertiary/aromatic N) is 2. The molecule has 8 atom stereocenters. The molecule has 0 aromatic carbocycles. The molecule has 8 nitrogen and oxygen atoms in total. The highest BCUT2D eigenvalue weighted by molar-refractivity contribution is 5.96. The number of ketones is 1. The lowest BCUT2D eigenvalue weighted by Crippen LogP contribution is -2.65. The number of aliphatic hydroxyl groups excluding tert-OH is 2. The van der Waals surface area contributed by atoms with Crippen molar-refractivity contribution < 1.29 is 29.6 Å². The molecule has 202 valence electrons. The maximum atomic E-state index is 14.4. The van der Waals surface area contributed by atoms with Gasteiger partial charge in [0.1, 0.15) is 11.7 Å². The van der Waals surface area contributed by atoms with E-state index in [1.807, 2.05) is 20.8 Å². The van der Waals surface area contributed by atoms with Crippen molar-refractivity contribution in [3.63, 3.8) is 0 Å². The Kier molecular flexibility index (Phi) is 5.77. The molecule has 1 heterocycles. The first-order chi connectivity index (χ1) is 17.2. The Hall–Kier alpha value is -2.29. The zero-order valence-electron chi connectivity index (χ0n) is 23.1. The number of ether oxygens (including phenoxy) is 1. The van der Waals surface area contributed by atoms with E-state index in [0.29, 0.717) is 28.9 Å². The lowest BCUT2D eigenvalue weighted by molar-refractivity contribution is -0.190. The summed E-state index contributed by atoms with van der Waals surface area (Å²) < 4.78 is 7.78. The molecule has 2 fully saturated rings. The predicted octanol–water partition coefficient (Wildman–Crippen LogP) is 3.07. The fourth-order valence-corrected chi connectivity index (χ4v) is 8.22. The van der Waals surface area contributed by atoms with Crippen LogP contribution in [0.3, 0.4) is 0 Å². The second kappa shape index (κ2) is 8.10. The smallest absolute Gasteiger partial charge is 0.342 e. The van der Waals surface area contributed by atoms with Crippen LogP contribution in [0.1, 0.15) is 75.8 Å². The van der Waals surface area contributed by atoms with Crippen molar-refractivity contribution in [2.24, 2.45) is 34.5 Å². The van der Waals surface area contributed by atoms with E-state index in [2.05, 4.69) is 18.9 Å². The molecular weight excluding hydrogens is 472 g/mol. The van der Waals surface area contributed by atoms with E-state index >= 15 is 0 Å². The van der Waals surface area contributed by atoms with Crippen LogP contribution < -0.4 is 0 Å². The molecule has 0 aliphatic heterocycles. The molecule has 3 N–H and O–H groups in total. The van der Waals surface area contributed by atoms with E-state index in [-0.39, 0.29) is 40.6 Å². The Bertz CT molecular complexity index is 1240. The van der Waals surface area contributed by atoms with Gasteiger partial charge in [0.2, 0.25) is 0 Å². The summed E-state index contributed by atoms with van der Waals surface area (Å²) in [5.74, 6) is -1.32. The molecule has 5 rings (SSSR count). The Morgan fingerprint density at radius 2 is 1.92 bits per heavy atom. The van der Waals surface area contributed by atoms with Crippen LogP contribution in [-0.2, 0) is 9.53 Å². The van der Waals surface area contributed by atoms with Crippen LogP contribution in [0.2, 0.25) is 0 Å². The van der Waals surface area contributed by atoms with Gasteiger partial charge in [0, 0.05) is 12.0 Å². The molecule has 2 bridgehead atoms. The highest BCUT2D eigenvalue weighted by Crippen LogP contribution is 2.71. The van der Waals surface area contributed by atoms with Crippen molar-refractivity contribution >= 4 is 11.8 Å². The van der Waals surface area contributed by atoms with Gasteiger partial charge in [0.05, 0.1) is 23.4 Å². The van der Waals surface area contributed by atoms with E-state index in [1.54, 1.807) is 37.6 Å². The van der Waals surface area contributed by atoms with Crippen molar-refractivity contribution in [1.82, 2.24) is 9.78 Å². The zero-order chi connectivity index (χ0) is 27.4. The third-order valence-electron chi connectivity index (χ3n) is 10.1. The van der Waals surface area contributed by atoms with E-state index in [0.717, 1.165) is 0 Å². The lowest BCUT2D eigenvalue weighted by atomic mass is 9.59. The van der Waals surface area contributed by atoms with E-state index < -0.39 is 41.7 Å². The first-order valence-electron chi connectivity index (χ1n) is 13.4. The SMILES string of the molecule is CC1=CC23C(=O)[C@@H](C=C(CO)[C@@H](O)[C@]2(O)[C@H]1OC(=O)c1c(C)nn(C(C)C)c1C)[C@H]1[C@@H](CC3C)C1(C)C. The molecule has 2 unspecified atom stereocenters. The summed E-state index contributed by atoms with van der Waals surface area (Å²) in [6, 6.07) is 0.0406. The van der Waals surface area contributed by atoms with Crippen molar-refractivity contribution in [3.05, 3.63) is 40.2 Å². The summed E-state index contributed by atoms with van der Waals surface area (Å²) >= 11 is 0. The standard InChI is InChI=1S/C29H40N2O6/c1-13(2)31-17(6)21(16(5)30-31)26(35)37-25-14(3)11-28-15(4)9-20-22(27(20,7)8)19(24(28)34)10-18(12-32)23(33)29(25,28)36/h10-11,13,15,19-20,22-23,25,32-33,36H,9,12H2,1-8H3/t15?,19-,20+,22-,23+,25-,28?,29-/m0/s1. The summed E-state index contributed by atoms with van der Waals surface area (Å²) in [7, 11) is 0. The second-order valence-electron chi connectivity index (χ2n) is 12.7. The van der Waals surface area contributed by atoms with Crippen LogP contribution in [-0.4, -0.2) is 61.3 Å². The molecule has 1 spiro atoms. The number of aliphatic hydroxyl groups is 3. The van der Waals surface area contributed by atoms with Gasteiger partial charge in [-0.3, -0.25) is 9.48 Å². The minimum Gasteiger partial charge on any atom is -0.451 e. The van der Waals surface area contributed by atoms with E-state index in [1.165, 1.54) is 0 Å². The van der Waals surface area contributed by atoms with E-state index in [4.69, 9.17) is 4.74 Å². The van der Waals surface area contributed by atoms with Crippen molar-refractivity contribution in [2.45, 2.75) is 85.7 Å². The van der Waals surface area contributed by atoms with Gasteiger partial charge in [0.25, 0.3) is 0 Å². The van der Waals surface area contributed by atoms with E-state index in [9.17, 15) is 24.9 Å². The molecule has 2 saturated carbocycles. The molecule has 8 heteroatoms. The van der Waals surface area contributed by atoms with Gasteiger partial charge >= 0.3 is 5.97 Å². The molecule has 0 radical (unpaired) electrons. The van der Waals surface area contributed by atoms with Crippen LogP contribution in [0, 0.1) is 48.3 Å². The molecule has 4 aliphatic rings. The quantitative estimate of drug-likeness (QED) is 0.419. The van der Waals surface area contributed by atoms with Gasteiger partial charge in [-0.15, -0.1) is 0 Å². The number of carbonyl (C=O) groups excluding carboxylic acids is 2. The van der Waals surface area contributed by atoms with Crippen LogP contribution in [0.15, 0.2) is 23.3 Å². The third-order valence-corrected chi connectivity index (χ3v) is 10.1. The molecule has 37 heavy (non-hydrogen) atoms. The molecule has 4 aliphatic carbocycles. The summed E-state index contributed by atoms with van der Waals surface area (Å²) in [6.07, 6.45) is 1.29. The summed E-state index contributed by atoms with van der Waals surface area (Å²) in [5, 5.41) is 38.9. The maximum Gasteiger partial charge on any atom is 0.342 e. The molecule has 1 aromatic heterocycles. The van der Waals surface area contributed by atoms with Crippen molar-refractivity contribution in [1.29, 1.82) is 0 Å². The Balaban J connectivity index is 1.62. The van der Waals surface area contributed by atoms with Crippen LogP contribution in [0.4, 0.5) is 0 Å². The number of fused-ring (bicyclic) bond motifs is 3. The highest BCUT2D eigenvalue weighted by Gasteiger charge is 2.76. The number of hydrogen-bond donors (Lipinski definition) is 3. The summed E-state index contributed by atoms with van der Waals surface area (Å²) in [6.45, 7) is 15.0. The summed E-state index contributed by atoms with van der Waals surface area (Å²) in [4.78, 5) is 28.0. The number of aromatic nitrogens is 2. The van der Waals surface area contributed by atoms with Gasteiger partial charge in [-0.1, -0.05) is 32.9 Å². The van der Waals surface area contributed by atoms with Gasteiger partial charge in [-0.05, 0) is 75.4 Å². The van der Waals surface area contributed by atoms with Gasteiger partial charge < -0.3 is 20.1 Å². The monoisotopic (exact) mass is 512 g/mol. The van der Waals surface area contributed by atoms with Gasteiger partial charge in [-0.2, -0.15) is 5.10 Å². The Labute approximate surface area is 218 Å². The Morgan fingerprint density at radius 3 is 2.49 bits per heavy atom. The number of esters is 1. The van der Waals surface area contributed by atoms with Gasteiger partial charge in [0.15, 0.2) is 17.5 Å². The maximum absolute atomic E-state index is 14.4. The number of Topliss-reactive ketones (excluding diaryl/α,β-unsaturated/α-hetero) is 1. The van der Waals surface area contributed by atoms with Gasteiger partial charge in [-0.25, -0.2) is 4.79 Å². The van der Waals surface area contributed by atoms with Crippen LogP contribution in [0.5, 0.6) is 0 Å². The average Bonchev–Trinajstić information content (AvgIpc) is 3.12. The number of carbonyl (C=O) groups is 2. The average molecular weight is 513 g/mol. The van der Waals surface area contributed by atoms with Crippen LogP contribution in [0.25, 0.3) is 0 Å². The molecule has 1 aromatic rings. The number of hydrogen-bond acceptors (Lipinski definition) is 7. The lowest BCUT2D eigenvalue weighted by Gasteiger charge is -2.48. The van der Waals surface area contributed by atoms with Crippen LogP contribution >= 0.6 is 0 Å². The molecule has 0 saturated heterocycles.